The maximum atomic E-state index is 12.7. The quantitative estimate of drug-likeness (QED) is 0.156. The first-order valence-corrected chi connectivity index (χ1v) is 9.87. The van der Waals surface area contributed by atoms with E-state index in [1.807, 2.05) is 0 Å². The third-order valence-electron chi connectivity index (χ3n) is 4.61. The normalized spacial score (nSPS) is 11.1. The first-order valence-electron chi connectivity index (χ1n) is 9.87. The van der Waals surface area contributed by atoms with E-state index in [-0.39, 0.29) is 18.8 Å². The second-order valence-electron chi connectivity index (χ2n) is 6.87. The maximum absolute atomic E-state index is 12.7. The van der Waals surface area contributed by atoms with Gasteiger partial charge in [-0.2, -0.15) is 0 Å². The molecule has 0 spiro atoms. The summed E-state index contributed by atoms with van der Waals surface area (Å²) in [6, 6.07) is 11.5. The van der Waals surface area contributed by atoms with Gasteiger partial charge in [-0.15, -0.1) is 0 Å². The molecule has 174 valence electrons. The van der Waals surface area contributed by atoms with E-state index in [1.165, 1.54) is 31.7 Å². The molecule has 33 heavy (non-hydrogen) atoms. The van der Waals surface area contributed by atoms with Crippen LogP contribution in [0.15, 0.2) is 48.5 Å². The van der Waals surface area contributed by atoms with Crippen molar-refractivity contribution in [2.45, 2.75) is 12.1 Å². The largest absolute Gasteiger partial charge is 0.486 e. The molecule has 10 nitrogen and oxygen atoms in total. The van der Waals surface area contributed by atoms with Gasteiger partial charge in [-0.05, 0) is 48.5 Å². The van der Waals surface area contributed by atoms with Crippen molar-refractivity contribution in [2.75, 3.05) is 27.3 Å². The lowest BCUT2D eigenvalue weighted by Gasteiger charge is -2.25. The van der Waals surface area contributed by atoms with Gasteiger partial charge in [0.25, 0.3) is 17.7 Å². The monoisotopic (exact) mass is 455 g/mol. The van der Waals surface area contributed by atoms with E-state index in [1.54, 1.807) is 36.4 Å². The number of likely N-dealkylation sites (N-methyl/N-ethyl adjacent to an activating group) is 2. The Hall–Kier alpha value is -3.91. The van der Waals surface area contributed by atoms with Crippen molar-refractivity contribution in [1.29, 1.82) is 0 Å². The van der Waals surface area contributed by atoms with Crippen LogP contribution < -0.4 is 15.5 Å². The number of carbonyl (C=O) groups excluding carboxylic acids is 3. The second-order valence-corrected chi connectivity index (χ2v) is 6.87. The van der Waals surface area contributed by atoms with Gasteiger partial charge in [0.1, 0.15) is 11.9 Å². The molecule has 0 fully saturated rings. The van der Waals surface area contributed by atoms with E-state index in [0.717, 1.165) is 4.90 Å². The fourth-order valence-corrected chi connectivity index (χ4v) is 2.77. The van der Waals surface area contributed by atoms with Crippen LogP contribution in [0.4, 0.5) is 0 Å². The van der Waals surface area contributed by atoms with Crippen molar-refractivity contribution in [2.24, 2.45) is 0 Å². The Morgan fingerprint density at radius 3 is 1.91 bits per heavy atom. The number of rotatable bonds is 8. The van der Waals surface area contributed by atoms with Crippen LogP contribution in [0.25, 0.3) is 0 Å². The molecule has 0 radical (unpaired) electrons. The lowest BCUT2D eigenvalue weighted by atomic mass is 10.1. The minimum absolute atomic E-state index is 0.228. The molecule has 1 unspecified atom stereocenters. The van der Waals surface area contributed by atoms with Crippen LogP contribution in [0, 0.1) is 11.8 Å². The molecule has 0 aliphatic rings. The van der Waals surface area contributed by atoms with Gasteiger partial charge in [-0.1, -0.05) is 11.8 Å². The van der Waals surface area contributed by atoms with E-state index >= 15 is 0 Å². The van der Waals surface area contributed by atoms with Crippen molar-refractivity contribution >= 4 is 17.7 Å². The van der Waals surface area contributed by atoms with Crippen LogP contribution in [0.2, 0.25) is 0 Å². The average Bonchev–Trinajstić information content (AvgIpc) is 2.86. The SMILES string of the molecule is CNC(=O)C(C(=O)NO)N(C)C(=O)c1ccc(C#Cc2ccc(OC(CO)CO)cc2)cc1. The van der Waals surface area contributed by atoms with Crippen LogP contribution in [0.5, 0.6) is 5.75 Å². The number of benzene rings is 2. The zero-order valence-electron chi connectivity index (χ0n) is 18.1. The molecular weight excluding hydrogens is 430 g/mol. The number of aliphatic hydroxyl groups excluding tert-OH is 2. The van der Waals surface area contributed by atoms with E-state index in [9.17, 15) is 14.4 Å². The summed E-state index contributed by atoms with van der Waals surface area (Å²) in [5, 5.41) is 29.2. The zero-order chi connectivity index (χ0) is 24.4. The number of nitrogens with one attached hydrogen (secondary N) is 2. The average molecular weight is 455 g/mol. The molecule has 1 atom stereocenters. The predicted molar refractivity (Wildman–Crippen MR) is 117 cm³/mol. The van der Waals surface area contributed by atoms with Gasteiger partial charge in [0.05, 0.1) is 13.2 Å². The highest BCUT2D eigenvalue weighted by Crippen LogP contribution is 2.14. The Bertz CT molecular complexity index is 1010. The highest BCUT2D eigenvalue weighted by atomic mass is 16.5. The third kappa shape index (κ3) is 6.78. The molecule has 3 amide bonds. The summed E-state index contributed by atoms with van der Waals surface area (Å²) in [5.41, 5.74) is 2.95. The number of aliphatic hydroxyl groups is 2. The van der Waals surface area contributed by atoms with E-state index in [2.05, 4.69) is 17.2 Å². The number of carbonyl (C=O) groups is 3. The Kier molecular flexibility index (Phi) is 9.38. The van der Waals surface area contributed by atoms with Gasteiger partial charge < -0.3 is 25.2 Å². The second kappa shape index (κ2) is 12.2. The molecule has 0 saturated heterocycles. The summed E-state index contributed by atoms with van der Waals surface area (Å²) in [6.45, 7) is -0.596. The molecular formula is C23H25N3O7. The van der Waals surface area contributed by atoms with Gasteiger partial charge in [0, 0.05) is 30.8 Å². The Balaban J connectivity index is 2.10. The fourth-order valence-electron chi connectivity index (χ4n) is 2.77. The van der Waals surface area contributed by atoms with Crippen molar-refractivity contribution in [1.82, 2.24) is 15.7 Å². The molecule has 0 aliphatic carbocycles. The lowest BCUT2D eigenvalue weighted by molar-refractivity contribution is -0.140. The minimum Gasteiger partial charge on any atom is -0.486 e. The summed E-state index contributed by atoms with van der Waals surface area (Å²) in [4.78, 5) is 37.3. The van der Waals surface area contributed by atoms with Crippen LogP contribution >= 0.6 is 0 Å². The summed E-state index contributed by atoms with van der Waals surface area (Å²) >= 11 is 0. The number of nitrogens with zero attached hydrogens (tertiary/aromatic N) is 1. The zero-order valence-corrected chi connectivity index (χ0v) is 18.1. The van der Waals surface area contributed by atoms with Gasteiger partial charge in [-0.3, -0.25) is 19.6 Å². The van der Waals surface area contributed by atoms with Crippen LogP contribution in [0.3, 0.4) is 0 Å². The number of amides is 3. The highest BCUT2D eigenvalue weighted by molar-refractivity contribution is 6.08. The third-order valence-corrected chi connectivity index (χ3v) is 4.61. The number of hydroxylamine groups is 1. The van der Waals surface area contributed by atoms with Crippen molar-refractivity contribution in [3.63, 3.8) is 0 Å². The number of hydrogen-bond acceptors (Lipinski definition) is 7. The molecule has 2 aromatic carbocycles. The summed E-state index contributed by atoms with van der Waals surface area (Å²) in [7, 11) is 2.59. The van der Waals surface area contributed by atoms with E-state index in [4.69, 9.17) is 20.2 Å². The molecule has 10 heteroatoms. The summed E-state index contributed by atoms with van der Waals surface area (Å²) in [6.07, 6.45) is -0.688. The Morgan fingerprint density at radius 1 is 0.939 bits per heavy atom. The number of hydrogen-bond donors (Lipinski definition) is 5. The molecule has 0 heterocycles. The van der Waals surface area contributed by atoms with Crippen LogP contribution in [-0.2, 0) is 9.59 Å². The standard InChI is InChI=1S/C23H25N3O7/c1-24-21(29)20(22(30)25-32)26(2)23(31)17-9-5-15(6-10-17)3-4-16-7-11-18(12-8-16)33-19(13-27)14-28/h5-12,19-20,27-28,32H,13-14H2,1-2H3,(H,24,29)(H,25,30). The topological polar surface area (TPSA) is 148 Å². The highest BCUT2D eigenvalue weighted by Gasteiger charge is 2.33. The fraction of sp³-hybridized carbons (Fsp3) is 0.261. The molecule has 2 rings (SSSR count). The van der Waals surface area contributed by atoms with Gasteiger partial charge >= 0.3 is 0 Å². The first kappa shape index (κ1) is 25.4. The van der Waals surface area contributed by atoms with E-state index in [0.29, 0.717) is 16.9 Å². The first-order chi connectivity index (χ1) is 15.8. The van der Waals surface area contributed by atoms with Crippen molar-refractivity contribution < 1.29 is 34.5 Å². The maximum Gasteiger partial charge on any atom is 0.275 e. The minimum atomic E-state index is -1.54. The molecule has 5 N–H and O–H groups in total. The molecule has 0 aromatic heterocycles. The smallest absolute Gasteiger partial charge is 0.275 e. The molecule has 2 aromatic rings. The van der Waals surface area contributed by atoms with Crippen molar-refractivity contribution in [3.8, 4) is 17.6 Å². The van der Waals surface area contributed by atoms with Gasteiger partial charge in [0.15, 0.2) is 6.04 Å². The Morgan fingerprint density at radius 2 is 1.45 bits per heavy atom. The molecule has 0 saturated carbocycles. The van der Waals surface area contributed by atoms with E-state index < -0.39 is 29.9 Å². The van der Waals surface area contributed by atoms with Gasteiger partial charge in [0.2, 0.25) is 0 Å². The summed E-state index contributed by atoms with van der Waals surface area (Å²) < 4.78 is 5.40. The molecule has 0 bridgehead atoms. The van der Waals surface area contributed by atoms with Gasteiger partial charge in [-0.25, -0.2) is 5.48 Å². The lowest BCUT2D eigenvalue weighted by Crippen LogP contribution is -2.54. The van der Waals surface area contributed by atoms with Crippen LogP contribution in [-0.4, -0.2) is 77.5 Å². The predicted octanol–water partition coefficient (Wildman–Crippen LogP) is -0.490. The summed E-state index contributed by atoms with van der Waals surface area (Å²) in [5.74, 6) is 4.04. The Labute approximate surface area is 190 Å². The molecule has 0 aliphatic heterocycles. The van der Waals surface area contributed by atoms with Crippen molar-refractivity contribution in [3.05, 3.63) is 65.2 Å². The van der Waals surface area contributed by atoms with Crippen LogP contribution in [0.1, 0.15) is 21.5 Å². The number of ether oxygens (including phenoxy) is 1.